The molecule has 2 aromatic rings. The highest BCUT2D eigenvalue weighted by molar-refractivity contribution is 7.13. The summed E-state index contributed by atoms with van der Waals surface area (Å²) in [5.74, 6) is -0.636. The molecule has 4 rings (SSSR count). The lowest BCUT2D eigenvalue weighted by molar-refractivity contribution is -0.133. The Morgan fingerprint density at radius 3 is 2.45 bits per heavy atom. The first-order valence-corrected chi connectivity index (χ1v) is 12.0. The van der Waals surface area contributed by atoms with Gasteiger partial charge in [0.15, 0.2) is 5.13 Å². The molecule has 174 valence electrons. The highest BCUT2D eigenvalue weighted by Gasteiger charge is 2.28. The molecule has 10 heteroatoms. The van der Waals surface area contributed by atoms with E-state index in [0.717, 1.165) is 17.8 Å². The molecule has 1 aromatic heterocycles. The Morgan fingerprint density at radius 1 is 1.12 bits per heavy atom. The number of nitrogens with one attached hydrogen (secondary N) is 2. The third kappa shape index (κ3) is 5.57. The van der Waals surface area contributed by atoms with Gasteiger partial charge in [0.05, 0.1) is 12.2 Å². The molecule has 3 heterocycles. The van der Waals surface area contributed by atoms with Crippen molar-refractivity contribution < 1.29 is 19.2 Å². The van der Waals surface area contributed by atoms with Crippen LogP contribution in [0.25, 0.3) is 0 Å². The summed E-state index contributed by atoms with van der Waals surface area (Å²) in [6, 6.07) is 6.83. The lowest BCUT2D eigenvalue weighted by atomic mass is 9.96. The van der Waals surface area contributed by atoms with Gasteiger partial charge < -0.3 is 20.4 Å². The van der Waals surface area contributed by atoms with E-state index in [0.29, 0.717) is 49.6 Å². The maximum absolute atomic E-state index is 12.5. The summed E-state index contributed by atoms with van der Waals surface area (Å²) in [5, 5.41) is 7.99. The number of anilines is 2. The van der Waals surface area contributed by atoms with Crippen LogP contribution in [0.15, 0.2) is 29.6 Å². The summed E-state index contributed by atoms with van der Waals surface area (Å²) in [6.45, 7) is 3.42. The fourth-order valence-corrected chi connectivity index (χ4v) is 4.78. The Balaban J connectivity index is 1.21. The zero-order valence-corrected chi connectivity index (χ0v) is 19.3. The van der Waals surface area contributed by atoms with Gasteiger partial charge in [-0.25, -0.2) is 4.98 Å². The van der Waals surface area contributed by atoms with Crippen molar-refractivity contribution in [1.29, 1.82) is 0 Å². The standard InChI is InChI=1S/C23H27N5O4S/c1-15-14-33-23(25-15)26-22(32)17-8-11-27(12-9-17)20(30)13-24-21(31)16-4-6-18(7-5-16)28-10-2-3-19(28)29/h4-7,14,17H,2-3,8-13H2,1H3,(H,24,31)(H,25,26,32). The molecule has 0 unspecified atom stereocenters. The zero-order chi connectivity index (χ0) is 23.4. The minimum absolute atomic E-state index is 0.0659. The SMILES string of the molecule is Cc1csc(NC(=O)C2CCN(C(=O)CNC(=O)c3ccc(N4CCCC4=O)cc3)CC2)n1. The van der Waals surface area contributed by atoms with Gasteiger partial charge in [-0.05, 0) is 50.5 Å². The first kappa shape index (κ1) is 22.9. The molecule has 2 aliphatic rings. The zero-order valence-electron chi connectivity index (χ0n) is 18.5. The highest BCUT2D eigenvalue weighted by atomic mass is 32.1. The summed E-state index contributed by atoms with van der Waals surface area (Å²) >= 11 is 1.40. The van der Waals surface area contributed by atoms with Crippen molar-refractivity contribution in [2.45, 2.75) is 32.6 Å². The quantitative estimate of drug-likeness (QED) is 0.674. The summed E-state index contributed by atoms with van der Waals surface area (Å²) < 4.78 is 0. The largest absolute Gasteiger partial charge is 0.343 e. The molecule has 0 spiro atoms. The molecule has 0 saturated carbocycles. The molecule has 0 radical (unpaired) electrons. The summed E-state index contributed by atoms with van der Waals surface area (Å²) in [6.07, 6.45) is 2.55. The first-order valence-electron chi connectivity index (χ1n) is 11.1. The molecule has 9 nitrogen and oxygen atoms in total. The van der Waals surface area contributed by atoms with Gasteiger partial charge in [-0.15, -0.1) is 11.3 Å². The Labute approximate surface area is 196 Å². The number of carbonyl (C=O) groups is 4. The van der Waals surface area contributed by atoms with Crippen molar-refractivity contribution in [2.24, 2.45) is 5.92 Å². The van der Waals surface area contributed by atoms with Crippen LogP contribution >= 0.6 is 11.3 Å². The van der Waals surface area contributed by atoms with Gasteiger partial charge in [-0.2, -0.15) is 0 Å². The van der Waals surface area contributed by atoms with Crippen LogP contribution in [0.3, 0.4) is 0 Å². The number of hydrogen-bond donors (Lipinski definition) is 2. The highest BCUT2D eigenvalue weighted by Crippen LogP contribution is 2.22. The molecular formula is C23H27N5O4S. The molecule has 2 fully saturated rings. The van der Waals surface area contributed by atoms with Crippen molar-refractivity contribution in [1.82, 2.24) is 15.2 Å². The van der Waals surface area contributed by atoms with Crippen LogP contribution in [-0.2, 0) is 14.4 Å². The average molecular weight is 470 g/mol. The van der Waals surface area contributed by atoms with Gasteiger partial charge >= 0.3 is 0 Å². The van der Waals surface area contributed by atoms with Crippen molar-refractivity contribution in [2.75, 3.05) is 36.4 Å². The third-order valence-electron chi connectivity index (χ3n) is 5.98. The van der Waals surface area contributed by atoms with Crippen LogP contribution in [0.4, 0.5) is 10.8 Å². The molecule has 4 amide bonds. The van der Waals surface area contributed by atoms with Gasteiger partial charge in [0.2, 0.25) is 17.7 Å². The van der Waals surface area contributed by atoms with Gasteiger partial charge in [0.25, 0.3) is 5.91 Å². The van der Waals surface area contributed by atoms with Crippen LogP contribution in [0.5, 0.6) is 0 Å². The van der Waals surface area contributed by atoms with E-state index >= 15 is 0 Å². The van der Waals surface area contributed by atoms with E-state index in [2.05, 4.69) is 15.6 Å². The van der Waals surface area contributed by atoms with Crippen molar-refractivity contribution in [3.8, 4) is 0 Å². The first-order chi connectivity index (χ1) is 15.9. The molecule has 2 N–H and O–H groups in total. The molecule has 33 heavy (non-hydrogen) atoms. The lowest BCUT2D eigenvalue weighted by Crippen LogP contribution is -2.45. The summed E-state index contributed by atoms with van der Waals surface area (Å²) in [5.41, 5.74) is 2.09. The number of aryl methyl sites for hydroxylation is 1. The number of thiazole rings is 1. The predicted molar refractivity (Wildman–Crippen MR) is 125 cm³/mol. The maximum atomic E-state index is 12.5. The molecular weight excluding hydrogens is 442 g/mol. The minimum atomic E-state index is -0.337. The molecule has 0 aliphatic carbocycles. The topological polar surface area (TPSA) is 112 Å². The Hall–Kier alpha value is -3.27. The number of benzene rings is 1. The monoisotopic (exact) mass is 469 g/mol. The lowest BCUT2D eigenvalue weighted by Gasteiger charge is -2.31. The van der Waals surface area contributed by atoms with E-state index in [1.165, 1.54) is 11.3 Å². The number of rotatable bonds is 6. The van der Waals surface area contributed by atoms with Crippen molar-refractivity contribution in [3.05, 3.63) is 40.9 Å². The van der Waals surface area contributed by atoms with Crippen molar-refractivity contribution in [3.63, 3.8) is 0 Å². The van der Waals surface area contributed by atoms with Gasteiger partial charge in [0, 0.05) is 48.6 Å². The van der Waals surface area contributed by atoms with Crippen molar-refractivity contribution >= 4 is 45.8 Å². The Morgan fingerprint density at radius 2 is 1.85 bits per heavy atom. The Kier molecular flexibility index (Phi) is 7.02. The second-order valence-electron chi connectivity index (χ2n) is 8.32. The molecule has 2 saturated heterocycles. The number of carbonyl (C=O) groups excluding carboxylic acids is 4. The molecule has 1 aromatic carbocycles. The number of aromatic nitrogens is 1. The Bertz CT molecular complexity index is 1040. The normalized spacial score (nSPS) is 16.7. The molecule has 0 atom stereocenters. The smallest absolute Gasteiger partial charge is 0.251 e. The average Bonchev–Trinajstić information content (AvgIpc) is 3.45. The van der Waals surface area contributed by atoms with E-state index in [1.54, 1.807) is 34.1 Å². The van der Waals surface area contributed by atoms with E-state index in [1.807, 2.05) is 12.3 Å². The van der Waals surface area contributed by atoms with E-state index in [9.17, 15) is 19.2 Å². The second-order valence-corrected chi connectivity index (χ2v) is 9.17. The maximum Gasteiger partial charge on any atom is 0.251 e. The predicted octanol–water partition coefficient (Wildman–Crippen LogP) is 2.19. The van der Waals surface area contributed by atoms with Crippen LogP contribution in [0.1, 0.15) is 41.7 Å². The summed E-state index contributed by atoms with van der Waals surface area (Å²) in [7, 11) is 0. The summed E-state index contributed by atoms with van der Waals surface area (Å²) in [4.78, 5) is 56.9. The number of likely N-dealkylation sites (tertiary alicyclic amines) is 1. The second kappa shape index (κ2) is 10.1. The number of piperidine rings is 1. The van der Waals surface area contributed by atoms with Crippen LogP contribution in [-0.4, -0.2) is 59.7 Å². The molecule has 2 aliphatic heterocycles. The van der Waals surface area contributed by atoms with E-state index in [4.69, 9.17) is 0 Å². The minimum Gasteiger partial charge on any atom is -0.343 e. The van der Waals surface area contributed by atoms with Gasteiger partial charge in [-0.3, -0.25) is 19.2 Å². The van der Waals surface area contributed by atoms with Crippen LogP contribution < -0.4 is 15.5 Å². The third-order valence-corrected chi connectivity index (χ3v) is 6.86. The van der Waals surface area contributed by atoms with Gasteiger partial charge in [-0.1, -0.05) is 0 Å². The van der Waals surface area contributed by atoms with E-state index in [-0.39, 0.29) is 36.1 Å². The molecule has 0 bridgehead atoms. The fourth-order valence-electron chi connectivity index (χ4n) is 4.09. The number of amides is 4. The van der Waals surface area contributed by atoms with Crippen LogP contribution in [0.2, 0.25) is 0 Å². The van der Waals surface area contributed by atoms with Gasteiger partial charge in [0.1, 0.15) is 0 Å². The number of nitrogens with zero attached hydrogens (tertiary/aromatic N) is 3. The van der Waals surface area contributed by atoms with E-state index < -0.39 is 0 Å². The fraction of sp³-hybridized carbons (Fsp3) is 0.435. The van der Waals surface area contributed by atoms with Crippen LogP contribution in [0, 0.1) is 12.8 Å². The number of hydrogen-bond acceptors (Lipinski definition) is 6.